The maximum Gasteiger partial charge on any atom is 0.127 e. The minimum Gasteiger partial charge on any atom is -0.493 e. The van der Waals surface area contributed by atoms with E-state index in [4.69, 9.17) is 14.2 Å². The first-order chi connectivity index (χ1) is 10.3. The van der Waals surface area contributed by atoms with Crippen molar-refractivity contribution in [2.75, 3.05) is 33.5 Å². The molecule has 0 fully saturated rings. The topological polar surface area (TPSA) is 39.7 Å². The minimum absolute atomic E-state index is 0.712. The number of ether oxygens (including phenoxy) is 3. The molecule has 4 heteroatoms. The minimum atomic E-state index is 0.712. The van der Waals surface area contributed by atoms with Crippen molar-refractivity contribution in [3.63, 3.8) is 0 Å². The molecule has 1 N–H and O–H groups in total. The maximum atomic E-state index is 5.90. The lowest BCUT2D eigenvalue weighted by Crippen LogP contribution is -2.19. The molecular formula is C17H29NO3. The molecule has 0 radical (unpaired) electrons. The molecule has 4 nitrogen and oxygen atoms in total. The van der Waals surface area contributed by atoms with E-state index in [1.54, 1.807) is 7.11 Å². The van der Waals surface area contributed by atoms with Crippen LogP contribution in [0.3, 0.4) is 0 Å². The average Bonchev–Trinajstić information content (AvgIpc) is 2.51. The highest BCUT2D eigenvalue weighted by Gasteiger charge is 2.06. The summed E-state index contributed by atoms with van der Waals surface area (Å²) in [5, 5.41) is 3.35. The van der Waals surface area contributed by atoms with Crippen LogP contribution in [0.1, 0.15) is 38.7 Å². The molecule has 0 atom stereocenters. The van der Waals surface area contributed by atoms with Gasteiger partial charge in [0.05, 0.1) is 19.8 Å². The van der Waals surface area contributed by atoms with Gasteiger partial charge in [-0.05, 0) is 18.9 Å². The molecule has 1 aromatic carbocycles. The van der Waals surface area contributed by atoms with E-state index in [2.05, 4.69) is 25.2 Å². The van der Waals surface area contributed by atoms with E-state index in [1.165, 1.54) is 0 Å². The fourth-order valence-corrected chi connectivity index (χ4v) is 1.85. The number of unbranched alkanes of at least 4 members (excludes halogenated alkanes) is 1. The van der Waals surface area contributed by atoms with Crippen LogP contribution in [0.25, 0.3) is 0 Å². The Bertz CT molecular complexity index is 382. The molecule has 0 aliphatic carbocycles. The average molecular weight is 295 g/mol. The predicted molar refractivity (Wildman–Crippen MR) is 86.2 cm³/mol. The number of methoxy groups -OCH3 is 1. The molecule has 0 amide bonds. The van der Waals surface area contributed by atoms with Crippen molar-refractivity contribution in [3.8, 4) is 11.5 Å². The lowest BCUT2D eigenvalue weighted by Gasteiger charge is -2.14. The zero-order valence-electron chi connectivity index (χ0n) is 13.6. The number of hydrogen-bond donors (Lipinski definition) is 1. The van der Waals surface area contributed by atoms with Gasteiger partial charge >= 0.3 is 0 Å². The van der Waals surface area contributed by atoms with Crippen LogP contribution in [0, 0.1) is 0 Å². The van der Waals surface area contributed by atoms with Gasteiger partial charge in [0.25, 0.3) is 0 Å². The van der Waals surface area contributed by atoms with Gasteiger partial charge in [0.15, 0.2) is 0 Å². The van der Waals surface area contributed by atoms with Gasteiger partial charge in [-0.2, -0.15) is 0 Å². The van der Waals surface area contributed by atoms with Gasteiger partial charge < -0.3 is 19.5 Å². The predicted octanol–water partition coefficient (Wildman–Crippen LogP) is 3.39. The highest BCUT2D eigenvalue weighted by molar-refractivity contribution is 5.40. The van der Waals surface area contributed by atoms with Gasteiger partial charge in [0.1, 0.15) is 11.5 Å². The van der Waals surface area contributed by atoms with Gasteiger partial charge in [-0.25, -0.2) is 0 Å². The molecule has 0 aliphatic heterocycles. The zero-order chi connectivity index (χ0) is 15.3. The molecule has 1 aromatic rings. The molecular weight excluding hydrogens is 266 g/mol. The van der Waals surface area contributed by atoms with E-state index >= 15 is 0 Å². The van der Waals surface area contributed by atoms with Crippen LogP contribution in [0.15, 0.2) is 18.2 Å². The van der Waals surface area contributed by atoms with Crippen molar-refractivity contribution >= 4 is 0 Å². The molecule has 0 heterocycles. The first-order valence-electron chi connectivity index (χ1n) is 7.90. The van der Waals surface area contributed by atoms with Gasteiger partial charge in [0, 0.05) is 31.8 Å². The summed E-state index contributed by atoms with van der Waals surface area (Å²) in [4.78, 5) is 0. The number of rotatable bonds is 12. The first-order valence-corrected chi connectivity index (χ1v) is 7.90. The Morgan fingerprint density at radius 1 is 1.00 bits per heavy atom. The van der Waals surface area contributed by atoms with Crippen LogP contribution in [0.5, 0.6) is 11.5 Å². The van der Waals surface area contributed by atoms with Crippen LogP contribution in [-0.2, 0) is 11.3 Å². The van der Waals surface area contributed by atoms with Crippen molar-refractivity contribution in [2.24, 2.45) is 0 Å². The Kier molecular flexibility index (Phi) is 9.66. The lowest BCUT2D eigenvalue weighted by molar-refractivity contribution is 0.199. The van der Waals surface area contributed by atoms with E-state index in [0.29, 0.717) is 6.61 Å². The number of nitrogens with one attached hydrogen (secondary N) is 1. The number of benzene rings is 1. The standard InChI is InChI=1S/C17H29NO3/c1-4-6-11-21-17-13-16(20-10-5-2)8-7-15(17)14-18-9-12-19-3/h7-8,13,18H,4-6,9-12,14H2,1-3H3. The molecule has 120 valence electrons. The second-order valence-electron chi connectivity index (χ2n) is 4.99. The van der Waals surface area contributed by atoms with E-state index in [0.717, 1.165) is 62.6 Å². The molecule has 0 aromatic heterocycles. The molecule has 0 unspecified atom stereocenters. The van der Waals surface area contributed by atoms with E-state index in [-0.39, 0.29) is 0 Å². The molecule has 0 saturated carbocycles. The zero-order valence-corrected chi connectivity index (χ0v) is 13.6. The van der Waals surface area contributed by atoms with Crippen molar-refractivity contribution in [1.82, 2.24) is 5.32 Å². The third kappa shape index (κ3) is 7.34. The fraction of sp³-hybridized carbons (Fsp3) is 0.647. The Labute approximate surface area is 128 Å². The molecule has 0 aliphatic rings. The SMILES string of the molecule is CCCCOc1cc(OCCC)ccc1CNCCOC. The summed E-state index contributed by atoms with van der Waals surface area (Å²) in [6.07, 6.45) is 3.20. The van der Waals surface area contributed by atoms with Gasteiger partial charge in [-0.15, -0.1) is 0 Å². The normalized spacial score (nSPS) is 10.6. The molecule has 0 spiro atoms. The van der Waals surface area contributed by atoms with Crippen molar-refractivity contribution in [1.29, 1.82) is 0 Å². The second kappa shape index (κ2) is 11.4. The highest BCUT2D eigenvalue weighted by atomic mass is 16.5. The Hall–Kier alpha value is -1.26. The van der Waals surface area contributed by atoms with Gasteiger partial charge in [0.2, 0.25) is 0 Å². The summed E-state index contributed by atoms with van der Waals surface area (Å²) in [6, 6.07) is 6.08. The van der Waals surface area contributed by atoms with Crippen molar-refractivity contribution in [2.45, 2.75) is 39.7 Å². The molecule has 21 heavy (non-hydrogen) atoms. The van der Waals surface area contributed by atoms with Crippen LogP contribution in [0.4, 0.5) is 0 Å². The van der Waals surface area contributed by atoms with Crippen molar-refractivity contribution < 1.29 is 14.2 Å². The monoisotopic (exact) mass is 295 g/mol. The van der Waals surface area contributed by atoms with Crippen LogP contribution < -0.4 is 14.8 Å². The quantitative estimate of drug-likeness (QED) is 0.600. The summed E-state index contributed by atoms with van der Waals surface area (Å²) < 4.78 is 16.6. The highest BCUT2D eigenvalue weighted by Crippen LogP contribution is 2.25. The fourth-order valence-electron chi connectivity index (χ4n) is 1.85. The Balaban J connectivity index is 2.64. The summed E-state index contributed by atoms with van der Waals surface area (Å²) in [7, 11) is 1.71. The second-order valence-corrected chi connectivity index (χ2v) is 4.99. The van der Waals surface area contributed by atoms with Gasteiger partial charge in [-0.1, -0.05) is 26.3 Å². The maximum absolute atomic E-state index is 5.90. The summed E-state index contributed by atoms with van der Waals surface area (Å²) in [5.74, 6) is 1.80. The van der Waals surface area contributed by atoms with E-state index < -0.39 is 0 Å². The Morgan fingerprint density at radius 3 is 2.57 bits per heavy atom. The van der Waals surface area contributed by atoms with Gasteiger partial charge in [-0.3, -0.25) is 0 Å². The lowest BCUT2D eigenvalue weighted by atomic mass is 10.2. The third-order valence-electron chi connectivity index (χ3n) is 3.07. The molecule has 0 saturated heterocycles. The van der Waals surface area contributed by atoms with Crippen LogP contribution in [-0.4, -0.2) is 33.5 Å². The Morgan fingerprint density at radius 2 is 1.86 bits per heavy atom. The largest absolute Gasteiger partial charge is 0.493 e. The van der Waals surface area contributed by atoms with E-state index in [9.17, 15) is 0 Å². The first kappa shape index (κ1) is 17.8. The van der Waals surface area contributed by atoms with Crippen LogP contribution in [0.2, 0.25) is 0 Å². The summed E-state index contributed by atoms with van der Waals surface area (Å²) in [5.41, 5.74) is 1.16. The molecule has 1 rings (SSSR count). The number of hydrogen-bond acceptors (Lipinski definition) is 4. The van der Waals surface area contributed by atoms with Crippen molar-refractivity contribution in [3.05, 3.63) is 23.8 Å². The summed E-state index contributed by atoms with van der Waals surface area (Å²) in [6.45, 7) is 8.07. The van der Waals surface area contributed by atoms with E-state index in [1.807, 2.05) is 12.1 Å². The smallest absolute Gasteiger partial charge is 0.127 e. The summed E-state index contributed by atoms with van der Waals surface area (Å²) >= 11 is 0. The third-order valence-corrected chi connectivity index (χ3v) is 3.07. The molecule has 0 bridgehead atoms. The van der Waals surface area contributed by atoms with Crippen LogP contribution >= 0.6 is 0 Å².